The lowest BCUT2D eigenvalue weighted by Crippen LogP contribution is -2.10. The SMILES string of the molecule is CCCC(C)CC(=O)Cc1cccc(F)c1F. The Morgan fingerprint density at radius 2 is 2.06 bits per heavy atom. The predicted molar refractivity (Wildman–Crippen MR) is 63.8 cm³/mol. The number of hydrogen-bond donors (Lipinski definition) is 0. The number of hydrogen-bond acceptors (Lipinski definition) is 1. The predicted octanol–water partition coefficient (Wildman–Crippen LogP) is 3.90. The molecule has 1 unspecified atom stereocenters. The summed E-state index contributed by atoms with van der Waals surface area (Å²) in [4.78, 5) is 11.7. The molecule has 0 amide bonds. The number of ketones is 1. The van der Waals surface area contributed by atoms with Crippen LogP contribution in [0.25, 0.3) is 0 Å². The van der Waals surface area contributed by atoms with Crippen molar-refractivity contribution in [2.75, 3.05) is 0 Å². The Morgan fingerprint density at radius 1 is 1.35 bits per heavy atom. The summed E-state index contributed by atoms with van der Waals surface area (Å²) in [5.74, 6) is -1.51. The molecule has 17 heavy (non-hydrogen) atoms. The van der Waals surface area contributed by atoms with Crippen LogP contribution in [0.5, 0.6) is 0 Å². The van der Waals surface area contributed by atoms with E-state index in [0.717, 1.165) is 18.9 Å². The van der Waals surface area contributed by atoms with Crippen molar-refractivity contribution in [3.63, 3.8) is 0 Å². The zero-order valence-corrected chi connectivity index (χ0v) is 10.3. The molecule has 0 bridgehead atoms. The van der Waals surface area contributed by atoms with Gasteiger partial charge < -0.3 is 0 Å². The van der Waals surface area contributed by atoms with Gasteiger partial charge >= 0.3 is 0 Å². The molecule has 0 aliphatic rings. The summed E-state index contributed by atoms with van der Waals surface area (Å²) in [6.45, 7) is 4.07. The second kappa shape index (κ2) is 6.48. The van der Waals surface area contributed by atoms with Crippen LogP contribution in [0.2, 0.25) is 0 Å². The lowest BCUT2D eigenvalue weighted by molar-refractivity contribution is -0.119. The average molecular weight is 240 g/mol. The van der Waals surface area contributed by atoms with Crippen LogP contribution in [-0.2, 0) is 11.2 Å². The van der Waals surface area contributed by atoms with Gasteiger partial charge in [0, 0.05) is 12.8 Å². The van der Waals surface area contributed by atoms with Crippen molar-refractivity contribution in [3.8, 4) is 0 Å². The molecule has 0 radical (unpaired) electrons. The fraction of sp³-hybridized carbons (Fsp3) is 0.500. The molecule has 94 valence electrons. The highest BCUT2D eigenvalue weighted by Gasteiger charge is 2.13. The average Bonchev–Trinajstić information content (AvgIpc) is 2.25. The number of halogens is 2. The highest BCUT2D eigenvalue weighted by molar-refractivity contribution is 5.81. The van der Waals surface area contributed by atoms with Crippen LogP contribution in [-0.4, -0.2) is 5.78 Å². The summed E-state index contributed by atoms with van der Waals surface area (Å²) in [7, 11) is 0. The summed E-state index contributed by atoms with van der Waals surface area (Å²) < 4.78 is 26.2. The van der Waals surface area contributed by atoms with E-state index in [1.54, 1.807) is 0 Å². The molecule has 0 N–H and O–H groups in total. The van der Waals surface area contributed by atoms with E-state index in [2.05, 4.69) is 6.92 Å². The zero-order valence-electron chi connectivity index (χ0n) is 10.3. The van der Waals surface area contributed by atoms with Crippen molar-refractivity contribution in [2.24, 2.45) is 5.92 Å². The minimum atomic E-state index is -0.899. The van der Waals surface area contributed by atoms with Crippen molar-refractivity contribution < 1.29 is 13.6 Å². The quantitative estimate of drug-likeness (QED) is 0.737. The molecular weight excluding hydrogens is 222 g/mol. The van der Waals surface area contributed by atoms with E-state index in [9.17, 15) is 13.6 Å². The molecule has 0 fully saturated rings. The van der Waals surface area contributed by atoms with Crippen LogP contribution in [0, 0.1) is 17.6 Å². The van der Waals surface area contributed by atoms with Gasteiger partial charge in [0.25, 0.3) is 0 Å². The Hall–Kier alpha value is -1.25. The molecule has 1 nitrogen and oxygen atoms in total. The maximum absolute atomic E-state index is 13.3. The second-order valence-corrected chi connectivity index (χ2v) is 4.53. The van der Waals surface area contributed by atoms with Crippen LogP contribution in [0.4, 0.5) is 8.78 Å². The minimum Gasteiger partial charge on any atom is -0.299 e. The van der Waals surface area contributed by atoms with Gasteiger partial charge in [-0.05, 0) is 17.5 Å². The van der Waals surface area contributed by atoms with Gasteiger partial charge in [-0.2, -0.15) is 0 Å². The van der Waals surface area contributed by atoms with Gasteiger partial charge in [-0.3, -0.25) is 4.79 Å². The van der Waals surface area contributed by atoms with Crippen molar-refractivity contribution in [3.05, 3.63) is 35.4 Å². The van der Waals surface area contributed by atoms with E-state index in [0.29, 0.717) is 12.3 Å². The first-order valence-electron chi connectivity index (χ1n) is 5.99. The zero-order chi connectivity index (χ0) is 12.8. The van der Waals surface area contributed by atoms with E-state index in [4.69, 9.17) is 0 Å². The molecule has 1 aromatic carbocycles. The molecule has 0 aromatic heterocycles. The number of rotatable bonds is 6. The normalized spacial score (nSPS) is 12.5. The smallest absolute Gasteiger partial charge is 0.162 e. The standard InChI is InChI=1S/C14H18F2O/c1-3-5-10(2)8-12(17)9-11-6-4-7-13(15)14(11)16/h4,6-7,10H,3,5,8-9H2,1-2H3. The van der Waals surface area contributed by atoms with Gasteiger partial charge in [0.15, 0.2) is 11.6 Å². The highest BCUT2D eigenvalue weighted by Crippen LogP contribution is 2.16. The van der Waals surface area contributed by atoms with Crippen molar-refractivity contribution in [1.29, 1.82) is 0 Å². The summed E-state index contributed by atoms with van der Waals surface area (Å²) >= 11 is 0. The highest BCUT2D eigenvalue weighted by atomic mass is 19.2. The van der Waals surface area contributed by atoms with Crippen LogP contribution in [0.3, 0.4) is 0 Å². The van der Waals surface area contributed by atoms with Gasteiger partial charge in [-0.25, -0.2) is 8.78 Å². The lowest BCUT2D eigenvalue weighted by atomic mass is 9.96. The maximum atomic E-state index is 13.3. The minimum absolute atomic E-state index is 0.0162. The van der Waals surface area contributed by atoms with E-state index in [1.807, 2.05) is 6.92 Å². The molecule has 0 heterocycles. The van der Waals surface area contributed by atoms with Crippen LogP contribution >= 0.6 is 0 Å². The summed E-state index contributed by atoms with van der Waals surface area (Å²) in [6.07, 6.45) is 2.43. The van der Waals surface area contributed by atoms with Crippen molar-refractivity contribution >= 4 is 5.78 Å². The van der Waals surface area contributed by atoms with E-state index in [1.165, 1.54) is 12.1 Å². The first-order chi connectivity index (χ1) is 8.04. The first kappa shape index (κ1) is 13.8. The van der Waals surface area contributed by atoms with Crippen LogP contribution in [0.1, 0.15) is 38.7 Å². The Labute approximate surface area is 101 Å². The van der Waals surface area contributed by atoms with E-state index < -0.39 is 11.6 Å². The fourth-order valence-electron chi connectivity index (χ4n) is 1.95. The lowest BCUT2D eigenvalue weighted by Gasteiger charge is -2.09. The van der Waals surface area contributed by atoms with Gasteiger partial charge in [-0.15, -0.1) is 0 Å². The molecule has 1 aromatic rings. The summed E-state index contributed by atoms with van der Waals surface area (Å²) in [5.41, 5.74) is 0.152. The van der Waals surface area contributed by atoms with Crippen LogP contribution in [0.15, 0.2) is 18.2 Å². The van der Waals surface area contributed by atoms with Gasteiger partial charge in [0.05, 0.1) is 0 Å². The van der Waals surface area contributed by atoms with E-state index >= 15 is 0 Å². The molecule has 3 heteroatoms. The third-order valence-electron chi connectivity index (χ3n) is 2.78. The monoisotopic (exact) mass is 240 g/mol. The third-order valence-corrected chi connectivity index (χ3v) is 2.78. The van der Waals surface area contributed by atoms with E-state index in [-0.39, 0.29) is 17.8 Å². The number of Topliss-reactive ketones (excluding diaryl/α,β-unsaturated/α-hetero) is 1. The van der Waals surface area contributed by atoms with Crippen molar-refractivity contribution in [2.45, 2.75) is 39.5 Å². The molecule has 0 spiro atoms. The molecule has 0 saturated carbocycles. The Kier molecular flexibility index (Phi) is 5.26. The molecule has 1 rings (SSSR count). The van der Waals surface area contributed by atoms with Crippen LogP contribution < -0.4 is 0 Å². The maximum Gasteiger partial charge on any atom is 0.162 e. The summed E-state index contributed by atoms with van der Waals surface area (Å²) in [6, 6.07) is 3.94. The third kappa shape index (κ3) is 4.25. The molecule has 1 atom stereocenters. The molecule has 0 aliphatic carbocycles. The fourth-order valence-corrected chi connectivity index (χ4v) is 1.95. The molecule has 0 saturated heterocycles. The van der Waals surface area contributed by atoms with Gasteiger partial charge in [0.1, 0.15) is 5.78 Å². The van der Waals surface area contributed by atoms with Gasteiger partial charge in [0.2, 0.25) is 0 Å². The van der Waals surface area contributed by atoms with Crippen molar-refractivity contribution in [1.82, 2.24) is 0 Å². The Balaban J connectivity index is 2.59. The topological polar surface area (TPSA) is 17.1 Å². The number of carbonyl (C=O) groups is 1. The number of benzene rings is 1. The molecule has 0 aliphatic heterocycles. The summed E-state index contributed by atoms with van der Waals surface area (Å²) in [5, 5.41) is 0. The molecular formula is C14H18F2O. The largest absolute Gasteiger partial charge is 0.299 e. The first-order valence-corrected chi connectivity index (χ1v) is 5.99. The Morgan fingerprint density at radius 3 is 2.71 bits per heavy atom. The number of carbonyl (C=O) groups excluding carboxylic acids is 1. The second-order valence-electron chi connectivity index (χ2n) is 4.53. The Bertz CT molecular complexity index is 388. The van der Waals surface area contributed by atoms with Gasteiger partial charge in [-0.1, -0.05) is 38.8 Å².